The second-order valence-corrected chi connectivity index (χ2v) is 6.67. The zero-order chi connectivity index (χ0) is 13.5. The summed E-state index contributed by atoms with van der Waals surface area (Å²) < 4.78 is 0. The molecule has 1 heterocycles. The highest BCUT2D eigenvalue weighted by atomic mass is 35.5. The van der Waals surface area contributed by atoms with E-state index in [0.717, 1.165) is 50.7 Å². The van der Waals surface area contributed by atoms with Crippen LogP contribution >= 0.6 is 12.4 Å². The minimum absolute atomic E-state index is 0. The standard InChI is InChI=1S/C16H30N2O.ClH/c1-13-3-2-4-14(11-13)7-10-18-16(19)12-15-5-8-17-9-6-15;/h13-15,17H,2-12H2,1H3,(H,18,19);1H. The van der Waals surface area contributed by atoms with E-state index in [1.807, 2.05) is 0 Å². The number of carbonyl (C=O) groups is 1. The smallest absolute Gasteiger partial charge is 0.220 e. The molecule has 2 fully saturated rings. The fourth-order valence-corrected chi connectivity index (χ4v) is 3.66. The molecule has 0 aromatic carbocycles. The monoisotopic (exact) mass is 302 g/mol. The number of carbonyl (C=O) groups excluding carboxylic acids is 1. The normalized spacial score (nSPS) is 27.6. The van der Waals surface area contributed by atoms with Crippen molar-refractivity contribution in [2.45, 2.75) is 58.3 Å². The lowest BCUT2D eigenvalue weighted by atomic mass is 9.81. The molecule has 0 bridgehead atoms. The van der Waals surface area contributed by atoms with Crippen LogP contribution in [0.2, 0.25) is 0 Å². The van der Waals surface area contributed by atoms with Gasteiger partial charge in [0, 0.05) is 13.0 Å². The zero-order valence-electron chi connectivity index (χ0n) is 12.8. The third-order valence-electron chi connectivity index (χ3n) is 4.85. The van der Waals surface area contributed by atoms with E-state index in [9.17, 15) is 4.79 Å². The topological polar surface area (TPSA) is 41.1 Å². The maximum absolute atomic E-state index is 11.9. The summed E-state index contributed by atoms with van der Waals surface area (Å²) in [5.74, 6) is 2.62. The first-order valence-corrected chi connectivity index (χ1v) is 8.21. The second-order valence-electron chi connectivity index (χ2n) is 6.67. The lowest BCUT2D eigenvalue weighted by Crippen LogP contribution is -2.33. The summed E-state index contributed by atoms with van der Waals surface area (Å²) in [6.45, 7) is 5.42. The minimum atomic E-state index is 0. The third-order valence-corrected chi connectivity index (χ3v) is 4.85. The molecule has 0 aromatic rings. The fourth-order valence-electron chi connectivity index (χ4n) is 3.66. The summed E-state index contributed by atoms with van der Waals surface area (Å²) in [5, 5.41) is 6.48. The van der Waals surface area contributed by atoms with Crippen molar-refractivity contribution in [3.05, 3.63) is 0 Å². The molecule has 0 radical (unpaired) electrons. The van der Waals surface area contributed by atoms with Crippen LogP contribution in [-0.2, 0) is 4.79 Å². The molecule has 2 N–H and O–H groups in total. The van der Waals surface area contributed by atoms with Crippen LogP contribution in [0.5, 0.6) is 0 Å². The summed E-state index contributed by atoms with van der Waals surface area (Å²) in [5.41, 5.74) is 0. The summed E-state index contributed by atoms with van der Waals surface area (Å²) >= 11 is 0. The van der Waals surface area contributed by atoms with Crippen molar-refractivity contribution in [1.82, 2.24) is 10.6 Å². The second kappa shape index (κ2) is 9.62. The number of amides is 1. The van der Waals surface area contributed by atoms with Gasteiger partial charge in [0.2, 0.25) is 5.91 Å². The number of nitrogens with one attached hydrogen (secondary N) is 2. The number of piperidine rings is 1. The van der Waals surface area contributed by atoms with E-state index in [1.54, 1.807) is 0 Å². The average Bonchev–Trinajstić information content (AvgIpc) is 2.40. The Kier molecular flexibility index (Phi) is 8.55. The van der Waals surface area contributed by atoms with Crippen LogP contribution < -0.4 is 10.6 Å². The molecule has 2 aliphatic rings. The van der Waals surface area contributed by atoms with Gasteiger partial charge in [-0.2, -0.15) is 0 Å². The van der Waals surface area contributed by atoms with E-state index in [1.165, 1.54) is 32.1 Å². The summed E-state index contributed by atoms with van der Waals surface area (Å²) in [6.07, 6.45) is 9.76. The molecule has 3 nitrogen and oxygen atoms in total. The highest BCUT2D eigenvalue weighted by molar-refractivity contribution is 5.85. The van der Waals surface area contributed by atoms with Crippen molar-refractivity contribution in [1.29, 1.82) is 0 Å². The Labute approximate surface area is 130 Å². The van der Waals surface area contributed by atoms with Gasteiger partial charge in [0.05, 0.1) is 0 Å². The molecule has 1 aliphatic heterocycles. The molecule has 118 valence electrons. The van der Waals surface area contributed by atoms with Crippen molar-refractivity contribution in [2.75, 3.05) is 19.6 Å². The molecule has 4 heteroatoms. The van der Waals surface area contributed by atoms with Crippen molar-refractivity contribution in [3.63, 3.8) is 0 Å². The van der Waals surface area contributed by atoms with Gasteiger partial charge < -0.3 is 10.6 Å². The molecule has 2 unspecified atom stereocenters. The van der Waals surface area contributed by atoms with Crippen LogP contribution in [0, 0.1) is 17.8 Å². The van der Waals surface area contributed by atoms with E-state index in [2.05, 4.69) is 17.6 Å². The van der Waals surface area contributed by atoms with Crippen molar-refractivity contribution in [2.24, 2.45) is 17.8 Å². The Morgan fingerprint density at radius 3 is 2.60 bits per heavy atom. The average molecular weight is 303 g/mol. The van der Waals surface area contributed by atoms with Gasteiger partial charge in [0.1, 0.15) is 0 Å². The van der Waals surface area contributed by atoms with Crippen LogP contribution in [0.15, 0.2) is 0 Å². The van der Waals surface area contributed by atoms with E-state index >= 15 is 0 Å². The SMILES string of the molecule is CC1CCCC(CCNC(=O)CC2CCNCC2)C1.Cl. The van der Waals surface area contributed by atoms with Gasteiger partial charge in [-0.05, 0) is 56.5 Å². The van der Waals surface area contributed by atoms with Gasteiger partial charge in [-0.1, -0.05) is 26.2 Å². The maximum atomic E-state index is 11.9. The molecule has 2 rings (SSSR count). The molecule has 1 aliphatic carbocycles. The molecular formula is C16H31ClN2O. The fraction of sp³-hybridized carbons (Fsp3) is 0.938. The van der Waals surface area contributed by atoms with Gasteiger partial charge >= 0.3 is 0 Å². The van der Waals surface area contributed by atoms with E-state index < -0.39 is 0 Å². The molecule has 1 saturated carbocycles. The highest BCUT2D eigenvalue weighted by Crippen LogP contribution is 2.30. The number of halogens is 1. The molecule has 0 spiro atoms. The van der Waals surface area contributed by atoms with Crippen molar-refractivity contribution in [3.8, 4) is 0 Å². The van der Waals surface area contributed by atoms with Gasteiger partial charge in [-0.3, -0.25) is 4.79 Å². The molecule has 20 heavy (non-hydrogen) atoms. The van der Waals surface area contributed by atoms with Crippen LogP contribution in [0.4, 0.5) is 0 Å². The van der Waals surface area contributed by atoms with Crippen LogP contribution in [0.1, 0.15) is 58.3 Å². The number of rotatable bonds is 5. The zero-order valence-corrected chi connectivity index (χ0v) is 13.6. The van der Waals surface area contributed by atoms with Crippen molar-refractivity contribution >= 4 is 18.3 Å². The van der Waals surface area contributed by atoms with E-state index in [-0.39, 0.29) is 18.3 Å². The lowest BCUT2D eigenvalue weighted by molar-refractivity contribution is -0.122. The lowest BCUT2D eigenvalue weighted by Gasteiger charge is -2.27. The molecule has 1 amide bonds. The molecule has 2 atom stereocenters. The number of hydrogen-bond donors (Lipinski definition) is 2. The molecule has 1 saturated heterocycles. The maximum Gasteiger partial charge on any atom is 0.220 e. The Bertz CT molecular complexity index is 280. The van der Waals surface area contributed by atoms with Gasteiger partial charge in [-0.15, -0.1) is 12.4 Å². The summed E-state index contributed by atoms with van der Waals surface area (Å²) in [4.78, 5) is 11.9. The largest absolute Gasteiger partial charge is 0.356 e. The number of hydrogen-bond acceptors (Lipinski definition) is 2. The molecular weight excluding hydrogens is 272 g/mol. The Balaban J connectivity index is 0.00000200. The van der Waals surface area contributed by atoms with Gasteiger partial charge in [0.15, 0.2) is 0 Å². The Morgan fingerprint density at radius 1 is 1.15 bits per heavy atom. The first-order valence-electron chi connectivity index (χ1n) is 8.21. The quantitative estimate of drug-likeness (QED) is 0.819. The first-order chi connectivity index (χ1) is 9.24. The first kappa shape index (κ1) is 17.8. The highest BCUT2D eigenvalue weighted by Gasteiger charge is 2.19. The van der Waals surface area contributed by atoms with Crippen molar-refractivity contribution < 1.29 is 4.79 Å². The predicted octanol–water partition coefficient (Wildman–Crippen LogP) is 3.13. The minimum Gasteiger partial charge on any atom is -0.356 e. The van der Waals surface area contributed by atoms with E-state index in [0.29, 0.717) is 5.92 Å². The van der Waals surface area contributed by atoms with Gasteiger partial charge in [0.25, 0.3) is 0 Å². The van der Waals surface area contributed by atoms with Gasteiger partial charge in [-0.25, -0.2) is 0 Å². The summed E-state index contributed by atoms with van der Waals surface area (Å²) in [7, 11) is 0. The van der Waals surface area contributed by atoms with E-state index in [4.69, 9.17) is 0 Å². The molecule has 0 aromatic heterocycles. The van der Waals surface area contributed by atoms with Crippen LogP contribution in [0.3, 0.4) is 0 Å². The third kappa shape index (κ3) is 6.45. The van der Waals surface area contributed by atoms with Crippen LogP contribution in [0.25, 0.3) is 0 Å². The van der Waals surface area contributed by atoms with Crippen LogP contribution in [-0.4, -0.2) is 25.5 Å². The Hall–Kier alpha value is -0.280. The summed E-state index contributed by atoms with van der Waals surface area (Å²) in [6, 6.07) is 0. The predicted molar refractivity (Wildman–Crippen MR) is 86.2 cm³/mol. The Morgan fingerprint density at radius 2 is 1.90 bits per heavy atom.